The summed E-state index contributed by atoms with van der Waals surface area (Å²) in [7, 11) is 5.59. The molecule has 1 aromatic carbocycles. The molecule has 0 aromatic heterocycles. The molecular formula is C16H24N4O4-4. The van der Waals surface area contributed by atoms with Crippen molar-refractivity contribution in [3.63, 3.8) is 0 Å². The maximum atomic E-state index is 11.9. The van der Waals surface area contributed by atoms with Crippen molar-refractivity contribution in [3.05, 3.63) is 44.6 Å². The van der Waals surface area contributed by atoms with Crippen LogP contribution in [0.15, 0.2) is 18.2 Å². The molecule has 1 saturated carbocycles. The summed E-state index contributed by atoms with van der Waals surface area (Å²) in [5, 5.41) is 49.9. The van der Waals surface area contributed by atoms with Crippen LogP contribution in [0.4, 0.5) is 11.4 Å². The number of likely N-dealkylation sites (N-methyl/N-ethyl adjacent to an activating group) is 2. The minimum absolute atomic E-state index is 0.0762. The van der Waals surface area contributed by atoms with E-state index in [0.29, 0.717) is 34.3 Å². The van der Waals surface area contributed by atoms with Crippen molar-refractivity contribution < 1.29 is 0 Å². The van der Waals surface area contributed by atoms with Gasteiger partial charge in [-0.25, -0.2) is 0 Å². The molecule has 0 heterocycles. The molecule has 1 aliphatic carbocycles. The molecule has 0 N–H and O–H groups in total. The highest BCUT2D eigenvalue weighted by Crippen LogP contribution is 2.39. The molecule has 24 heavy (non-hydrogen) atoms. The standard InChI is InChI=1S/C16H24N4O4/c1-17(21)13-7-5-11(9-15(13)19(3)23)12-6-8-14(18(2)22)16(10-12)20(4)24/h5,7,9,12,14,16H,6,8,10H2,1-4H3/q-4. The van der Waals surface area contributed by atoms with Gasteiger partial charge in [0.25, 0.3) is 0 Å². The first-order valence-electron chi connectivity index (χ1n) is 7.98. The largest absolute Gasteiger partial charge is 0.785 e. The third kappa shape index (κ3) is 3.97. The summed E-state index contributed by atoms with van der Waals surface area (Å²) in [6.07, 6.45) is 1.93. The lowest BCUT2D eigenvalue weighted by Crippen LogP contribution is -2.48. The van der Waals surface area contributed by atoms with Gasteiger partial charge in [0.1, 0.15) is 0 Å². The molecule has 0 aliphatic heterocycles. The van der Waals surface area contributed by atoms with Crippen molar-refractivity contribution in [1.82, 2.24) is 10.1 Å². The first kappa shape index (κ1) is 18.9. The van der Waals surface area contributed by atoms with Crippen molar-refractivity contribution in [2.24, 2.45) is 0 Å². The molecule has 8 heteroatoms. The average molecular weight is 336 g/mol. The summed E-state index contributed by atoms with van der Waals surface area (Å²) >= 11 is 0. The first-order chi connectivity index (χ1) is 11.2. The maximum absolute atomic E-state index is 11.9. The summed E-state index contributed by atoms with van der Waals surface area (Å²) in [6, 6.07) is 4.46. The van der Waals surface area contributed by atoms with Gasteiger partial charge in [0.2, 0.25) is 0 Å². The van der Waals surface area contributed by atoms with Crippen LogP contribution < -0.4 is 10.1 Å². The minimum Gasteiger partial charge on any atom is -0.785 e. The van der Waals surface area contributed by atoms with Crippen LogP contribution in [0, 0.1) is 20.8 Å². The topological polar surface area (TPSA) is 105 Å². The highest BCUT2D eigenvalue weighted by atomic mass is 16.5. The fourth-order valence-corrected chi connectivity index (χ4v) is 3.56. The Bertz CT molecular complexity index is 551. The predicted molar refractivity (Wildman–Crippen MR) is 96.4 cm³/mol. The minimum atomic E-state index is -0.387. The second-order valence-corrected chi connectivity index (χ2v) is 6.48. The molecule has 0 spiro atoms. The monoisotopic (exact) mass is 336 g/mol. The summed E-state index contributed by atoms with van der Waals surface area (Å²) in [5.41, 5.74) is 1.53. The van der Waals surface area contributed by atoms with Crippen LogP contribution in [0.2, 0.25) is 0 Å². The van der Waals surface area contributed by atoms with Crippen molar-refractivity contribution in [1.29, 1.82) is 0 Å². The predicted octanol–water partition coefficient (Wildman–Crippen LogP) is 2.42. The van der Waals surface area contributed by atoms with Gasteiger partial charge in [-0.05, 0) is 71.1 Å². The Hall–Kier alpha value is -1.42. The number of anilines is 2. The van der Waals surface area contributed by atoms with Crippen LogP contribution in [-0.2, 0) is 0 Å². The van der Waals surface area contributed by atoms with Gasteiger partial charge in [-0.2, -0.15) is 0 Å². The second-order valence-electron chi connectivity index (χ2n) is 6.48. The molecule has 2 rings (SSSR count). The van der Waals surface area contributed by atoms with Crippen molar-refractivity contribution in [2.45, 2.75) is 37.3 Å². The van der Waals surface area contributed by atoms with Gasteiger partial charge in [-0.3, -0.25) is 0 Å². The van der Waals surface area contributed by atoms with Crippen molar-refractivity contribution in [3.8, 4) is 0 Å². The molecule has 3 atom stereocenters. The van der Waals surface area contributed by atoms with E-state index in [9.17, 15) is 20.8 Å². The van der Waals surface area contributed by atoms with E-state index < -0.39 is 0 Å². The number of benzene rings is 1. The first-order valence-corrected chi connectivity index (χ1v) is 7.98. The number of nitrogens with zero attached hydrogens (tertiary/aromatic N) is 4. The Morgan fingerprint density at radius 2 is 1.38 bits per heavy atom. The molecule has 3 unspecified atom stereocenters. The highest BCUT2D eigenvalue weighted by Gasteiger charge is 2.31. The second kappa shape index (κ2) is 7.64. The normalized spacial score (nSPS) is 24.5. The van der Waals surface area contributed by atoms with E-state index >= 15 is 0 Å². The number of hydroxylamine groups is 6. The number of hydrogen-bond donors (Lipinski definition) is 0. The van der Waals surface area contributed by atoms with Gasteiger partial charge in [-0.15, -0.1) is 0 Å². The van der Waals surface area contributed by atoms with Crippen LogP contribution in [0.25, 0.3) is 0 Å². The highest BCUT2D eigenvalue weighted by molar-refractivity contribution is 5.72. The van der Waals surface area contributed by atoms with Crippen LogP contribution in [0.1, 0.15) is 30.7 Å². The Labute approximate surface area is 142 Å². The van der Waals surface area contributed by atoms with E-state index in [0.717, 1.165) is 22.1 Å². The molecule has 1 aliphatic rings. The lowest BCUT2D eigenvalue weighted by molar-refractivity contribution is 0.124. The van der Waals surface area contributed by atoms with Crippen molar-refractivity contribution >= 4 is 11.4 Å². The molecule has 1 fully saturated rings. The Morgan fingerprint density at radius 1 is 0.792 bits per heavy atom. The molecular weight excluding hydrogens is 312 g/mol. The van der Waals surface area contributed by atoms with Crippen LogP contribution in [0.5, 0.6) is 0 Å². The quantitative estimate of drug-likeness (QED) is 0.755. The van der Waals surface area contributed by atoms with E-state index in [-0.39, 0.29) is 18.0 Å². The Kier molecular flexibility index (Phi) is 6.02. The summed E-state index contributed by atoms with van der Waals surface area (Å²) in [4.78, 5) is 0. The SMILES string of the molecule is CN([O-])c1ccc(C2CCC(N(C)[O-])C(N(C)[O-])C2)cc1N(C)[O-]. The van der Waals surface area contributed by atoms with Crippen LogP contribution in [0.3, 0.4) is 0 Å². The van der Waals surface area contributed by atoms with E-state index in [1.165, 1.54) is 28.2 Å². The smallest absolute Gasteiger partial charge is 0.0489 e. The summed E-state index contributed by atoms with van der Waals surface area (Å²) in [5.74, 6) is 0.0762. The molecule has 8 nitrogen and oxygen atoms in total. The van der Waals surface area contributed by atoms with E-state index in [1.54, 1.807) is 12.1 Å². The van der Waals surface area contributed by atoms with Crippen molar-refractivity contribution in [2.75, 3.05) is 38.3 Å². The zero-order valence-electron chi connectivity index (χ0n) is 14.5. The molecule has 0 amide bonds. The zero-order valence-corrected chi connectivity index (χ0v) is 14.5. The van der Waals surface area contributed by atoms with Gasteiger partial charge in [0.05, 0.1) is 0 Å². The van der Waals surface area contributed by atoms with Gasteiger partial charge in [-0.1, -0.05) is 6.07 Å². The Morgan fingerprint density at radius 3 is 1.88 bits per heavy atom. The lowest BCUT2D eigenvalue weighted by atomic mass is 9.78. The summed E-state index contributed by atoms with van der Waals surface area (Å²) in [6.45, 7) is 0. The molecule has 136 valence electrons. The van der Waals surface area contributed by atoms with Gasteiger partial charge >= 0.3 is 0 Å². The zero-order chi connectivity index (χ0) is 18.0. The van der Waals surface area contributed by atoms with Gasteiger partial charge in [0, 0.05) is 23.5 Å². The van der Waals surface area contributed by atoms with Gasteiger partial charge < -0.3 is 41.1 Å². The third-order valence-corrected chi connectivity index (χ3v) is 4.86. The Balaban J connectivity index is 2.27. The fraction of sp³-hybridized carbons (Fsp3) is 0.625. The van der Waals surface area contributed by atoms with E-state index in [1.807, 2.05) is 6.07 Å². The molecule has 0 bridgehead atoms. The average Bonchev–Trinajstić information content (AvgIpc) is 2.53. The third-order valence-electron chi connectivity index (χ3n) is 4.86. The summed E-state index contributed by atoms with van der Waals surface area (Å²) < 4.78 is 0. The molecule has 0 saturated heterocycles. The number of rotatable bonds is 5. The number of hydrogen-bond acceptors (Lipinski definition) is 8. The van der Waals surface area contributed by atoms with Crippen LogP contribution >= 0.6 is 0 Å². The molecule has 1 aromatic rings. The lowest BCUT2D eigenvalue weighted by Gasteiger charge is -2.50. The fourth-order valence-electron chi connectivity index (χ4n) is 3.56. The van der Waals surface area contributed by atoms with E-state index in [2.05, 4.69) is 0 Å². The van der Waals surface area contributed by atoms with Crippen LogP contribution in [-0.4, -0.2) is 50.4 Å². The van der Waals surface area contributed by atoms with Gasteiger partial charge in [0.15, 0.2) is 0 Å². The maximum Gasteiger partial charge on any atom is 0.0489 e. The molecule has 0 radical (unpaired) electrons. The van der Waals surface area contributed by atoms with E-state index in [4.69, 9.17) is 0 Å².